The van der Waals surface area contributed by atoms with E-state index in [9.17, 15) is 0 Å². The summed E-state index contributed by atoms with van der Waals surface area (Å²) in [6.45, 7) is 8.43. The minimum atomic E-state index is 0.210. The molecule has 2 heterocycles. The molecule has 1 N–H and O–H groups in total. The highest BCUT2D eigenvalue weighted by molar-refractivity contribution is 7.12. The third-order valence-electron chi connectivity index (χ3n) is 2.95. The molecule has 1 atom stereocenters. The zero-order chi connectivity index (χ0) is 14.0. The molecule has 0 fully saturated rings. The van der Waals surface area contributed by atoms with Gasteiger partial charge in [-0.1, -0.05) is 25.4 Å². The van der Waals surface area contributed by atoms with Gasteiger partial charge in [0.15, 0.2) is 0 Å². The van der Waals surface area contributed by atoms with Crippen molar-refractivity contribution in [1.29, 1.82) is 0 Å². The summed E-state index contributed by atoms with van der Waals surface area (Å²) in [5.74, 6) is 1.11. The standard InChI is InChI=1S/C14H18ClN3S/c1-8(2)12-13(15)16-7-17-14(12)18-10(4)11-6-5-9(3)19-11/h5-8,10H,1-4H3,(H,16,17,18). The van der Waals surface area contributed by atoms with Crippen LogP contribution in [0.5, 0.6) is 0 Å². The molecule has 19 heavy (non-hydrogen) atoms. The average molecular weight is 296 g/mol. The smallest absolute Gasteiger partial charge is 0.138 e. The van der Waals surface area contributed by atoms with E-state index in [1.165, 1.54) is 16.1 Å². The summed E-state index contributed by atoms with van der Waals surface area (Å²) in [7, 11) is 0. The minimum Gasteiger partial charge on any atom is -0.362 e. The fourth-order valence-corrected chi connectivity index (χ4v) is 3.19. The summed E-state index contributed by atoms with van der Waals surface area (Å²) in [6, 6.07) is 4.49. The topological polar surface area (TPSA) is 37.8 Å². The molecule has 0 aliphatic heterocycles. The van der Waals surface area contributed by atoms with Crippen molar-refractivity contribution in [2.24, 2.45) is 0 Å². The van der Waals surface area contributed by atoms with Gasteiger partial charge in [-0.2, -0.15) is 0 Å². The summed E-state index contributed by atoms with van der Waals surface area (Å²) < 4.78 is 0. The van der Waals surface area contributed by atoms with Crippen LogP contribution in [0, 0.1) is 6.92 Å². The normalized spacial score (nSPS) is 12.7. The zero-order valence-corrected chi connectivity index (χ0v) is 13.1. The molecule has 2 aromatic heterocycles. The molecule has 0 aliphatic carbocycles. The maximum Gasteiger partial charge on any atom is 0.138 e. The van der Waals surface area contributed by atoms with Crippen LogP contribution in [-0.2, 0) is 0 Å². The van der Waals surface area contributed by atoms with Gasteiger partial charge in [0.2, 0.25) is 0 Å². The van der Waals surface area contributed by atoms with E-state index in [4.69, 9.17) is 11.6 Å². The molecule has 2 rings (SSSR count). The van der Waals surface area contributed by atoms with Crippen LogP contribution in [0.3, 0.4) is 0 Å². The van der Waals surface area contributed by atoms with Crippen molar-refractivity contribution in [3.8, 4) is 0 Å². The van der Waals surface area contributed by atoms with Crippen LogP contribution in [0.2, 0.25) is 5.15 Å². The van der Waals surface area contributed by atoms with Crippen LogP contribution in [0.25, 0.3) is 0 Å². The first-order valence-electron chi connectivity index (χ1n) is 6.32. The molecule has 0 aliphatic rings. The van der Waals surface area contributed by atoms with Crippen LogP contribution < -0.4 is 5.32 Å². The van der Waals surface area contributed by atoms with E-state index < -0.39 is 0 Å². The Morgan fingerprint density at radius 1 is 1.21 bits per heavy atom. The second-order valence-corrected chi connectivity index (χ2v) is 6.57. The third-order valence-corrected chi connectivity index (χ3v) is 4.44. The number of anilines is 1. The van der Waals surface area contributed by atoms with Gasteiger partial charge in [0.25, 0.3) is 0 Å². The molecule has 102 valence electrons. The van der Waals surface area contributed by atoms with Gasteiger partial charge in [-0.05, 0) is 31.9 Å². The molecule has 3 nitrogen and oxygen atoms in total. The Bertz CT molecular complexity index is 566. The van der Waals surface area contributed by atoms with E-state index in [2.05, 4.69) is 55.1 Å². The first-order chi connectivity index (χ1) is 8.99. The minimum absolute atomic E-state index is 0.210. The van der Waals surface area contributed by atoms with Gasteiger partial charge < -0.3 is 5.32 Å². The monoisotopic (exact) mass is 295 g/mol. The van der Waals surface area contributed by atoms with Crippen LogP contribution in [0.1, 0.15) is 48.0 Å². The zero-order valence-electron chi connectivity index (χ0n) is 11.6. The van der Waals surface area contributed by atoms with E-state index in [1.807, 2.05) is 0 Å². The number of aromatic nitrogens is 2. The van der Waals surface area contributed by atoms with E-state index in [0.717, 1.165) is 11.4 Å². The number of nitrogens with one attached hydrogen (secondary N) is 1. The Hall–Kier alpha value is -1.13. The molecule has 0 saturated carbocycles. The molecular weight excluding hydrogens is 278 g/mol. The van der Waals surface area contributed by atoms with Gasteiger partial charge in [-0.15, -0.1) is 11.3 Å². The van der Waals surface area contributed by atoms with Gasteiger partial charge in [0.1, 0.15) is 17.3 Å². The Balaban J connectivity index is 2.26. The lowest BCUT2D eigenvalue weighted by Gasteiger charge is -2.18. The molecule has 2 aromatic rings. The predicted octanol–water partition coefficient (Wildman–Crippen LogP) is 4.80. The summed E-state index contributed by atoms with van der Waals surface area (Å²) in [5.41, 5.74) is 0.976. The van der Waals surface area contributed by atoms with E-state index in [-0.39, 0.29) is 12.0 Å². The Morgan fingerprint density at radius 2 is 1.95 bits per heavy atom. The quantitative estimate of drug-likeness (QED) is 0.824. The van der Waals surface area contributed by atoms with Crippen molar-refractivity contribution in [1.82, 2.24) is 9.97 Å². The van der Waals surface area contributed by atoms with Crippen LogP contribution >= 0.6 is 22.9 Å². The summed E-state index contributed by atoms with van der Waals surface area (Å²) in [4.78, 5) is 11.0. The first kappa shape index (κ1) is 14.3. The van der Waals surface area contributed by atoms with Gasteiger partial charge in [0, 0.05) is 15.3 Å². The molecule has 1 unspecified atom stereocenters. The van der Waals surface area contributed by atoms with E-state index >= 15 is 0 Å². The molecule has 0 spiro atoms. The van der Waals surface area contributed by atoms with Gasteiger partial charge in [-0.25, -0.2) is 9.97 Å². The van der Waals surface area contributed by atoms with Crippen molar-refractivity contribution < 1.29 is 0 Å². The van der Waals surface area contributed by atoms with Gasteiger partial charge in [-0.3, -0.25) is 0 Å². The van der Waals surface area contributed by atoms with Crippen molar-refractivity contribution >= 4 is 28.8 Å². The summed E-state index contributed by atoms with van der Waals surface area (Å²) >= 11 is 7.96. The number of thiophene rings is 1. The van der Waals surface area contributed by atoms with Crippen LogP contribution in [0.4, 0.5) is 5.82 Å². The maximum absolute atomic E-state index is 6.17. The molecule has 0 amide bonds. The lowest BCUT2D eigenvalue weighted by atomic mass is 10.1. The van der Waals surface area contributed by atoms with Crippen molar-refractivity contribution in [2.45, 2.75) is 39.7 Å². The second kappa shape index (κ2) is 5.88. The molecule has 0 saturated heterocycles. The third kappa shape index (κ3) is 3.25. The van der Waals surface area contributed by atoms with E-state index in [1.54, 1.807) is 11.3 Å². The van der Waals surface area contributed by atoms with Gasteiger partial charge >= 0.3 is 0 Å². The lowest BCUT2D eigenvalue weighted by molar-refractivity contribution is 0.824. The number of hydrogen-bond donors (Lipinski definition) is 1. The highest BCUT2D eigenvalue weighted by Gasteiger charge is 2.16. The van der Waals surface area contributed by atoms with Crippen LogP contribution in [0.15, 0.2) is 18.5 Å². The lowest BCUT2D eigenvalue weighted by Crippen LogP contribution is -2.10. The fraction of sp³-hybridized carbons (Fsp3) is 0.429. The Morgan fingerprint density at radius 3 is 2.53 bits per heavy atom. The summed E-state index contributed by atoms with van der Waals surface area (Å²) in [6.07, 6.45) is 1.50. The highest BCUT2D eigenvalue weighted by Crippen LogP contribution is 2.31. The number of hydrogen-bond acceptors (Lipinski definition) is 4. The van der Waals surface area contributed by atoms with Crippen LogP contribution in [-0.4, -0.2) is 9.97 Å². The number of rotatable bonds is 4. The van der Waals surface area contributed by atoms with Crippen molar-refractivity contribution in [3.63, 3.8) is 0 Å². The molecule has 0 bridgehead atoms. The average Bonchev–Trinajstić information content (AvgIpc) is 2.75. The summed E-state index contributed by atoms with van der Waals surface area (Å²) in [5, 5.41) is 3.97. The van der Waals surface area contributed by atoms with Crippen molar-refractivity contribution in [3.05, 3.63) is 38.9 Å². The molecule has 0 aromatic carbocycles. The SMILES string of the molecule is Cc1ccc(C(C)Nc2ncnc(Cl)c2C(C)C)s1. The molecule has 5 heteroatoms. The van der Waals surface area contributed by atoms with Gasteiger partial charge in [0.05, 0.1) is 6.04 Å². The molecule has 0 radical (unpaired) electrons. The maximum atomic E-state index is 6.17. The number of aryl methyl sites for hydroxylation is 1. The highest BCUT2D eigenvalue weighted by atomic mass is 35.5. The molecular formula is C14H18ClN3S. The van der Waals surface area contributed by atoms with Crippen molar-refractivity contribution in [2.75, 3.05) is 5.32 Å². The number of halogens is 1. The Labute approximate surface area is 123 Å². The Kier molecular flexibility index (Phi) is 4.42. The predicted molar refractivity (Wildman–Crippen MR) is 82.2 cm³/mol. The second-order valence-electron chi connectivity index (χ2n) is 4.90. The first-order valence-corrected chi connectivity index (χ1v) is 7.51. The number of nitrogens with zero attached hydrogens (tertiary/aromatic N) is 2. The van der Waals surface area contributed by atoms with E-state index in [0.29, 0.717) is 5.15 Å². The largest absolute Gasteiger partial charge is 0.362 e. The fourth-order valence-electron chi connectivity index (χ4n) is 1.96.